The highest BCUT2D eigenvalue weighted by Gasteiger charge is 2.24. The highest BCUT2D eigenvalue weighted by atomic mass is 16.6. The number of hydrogen-bond acceptors (Lipinski definition) is 11. The Morgan fingerprint density at radius 1 is 0.583 bits per heavy atom. The van der Waals surface area contributed by atoms with Gasteiger partial charge in [0, 0.05) is 25.0 Å². The van der Waals surface area contributed by atoms with E-state index < -0.39 is 6.10 Å². The number of ether oxygens (including phenoxy) is 5. The fraction of sp³-hybridized carbons (Fsp3) is 0.595. The monoisotopic (exact) mass is 671 g/mol. The van der Waals surface area contributed by atoms with E-state index in [2.05, 4.69) is 13.8 Å². The topological polar surface area (TPSA) is 107 Å². The van der Waals surface area contributed by atoms with E-state index in [1.807, 2.05) is 112 Å². The van der Waals surface area contributed by atoms with Crippen LogP contribution in [0.25, 0.3) is 0 Å². The third kappa shape index (κ3) is 15.5. The fourth-order valence-electron chi connectivity index (χ4n) is 4.52. The van der Waals surface area contributed by atoms with Crippen LogP contribution in [0.4, 0.5) is 0 Å². The summed E-state index contributed by atoms with van der Waals surface area (Å²) >= 11 is 0. The fourth-order valence-corrected chi connectivity index (χ4v) is 4.52. The summed E-state index contributed by atoms with van der Waals surface area (Å²) < 4.78 is 28.5. The molecular weight excluding hydrogens is 614 g/mol. The van der Waals surface area contributed by atoms with Gasteiger partial charge < -0.3 is 38.4 Å². The van der Waals surface area contributed by atoms with Crippen LogP contribution < -0.4 is 9.47 Å². The Hall–Kier alpha value is -3.67. The Labute approximate surface area is 287 Å². The lowest BCUT2D eigenvalue weighted by Gasteiger charge is -2.27. The minimum absolute atomic E-state index is 0.0486. The third-order valence-corrected chi connectivity index (χ3v) is 7.79. The number of rotatable bonds is 22. The predicted octanol–water partition coefficient (Wildman–Crippen LogP) is 4.40. The van der Waals surface area contributed by atoms with Crippen LogP contribution in [0, 0.1) is 0 Å². The van der Waals surface area contributed by atoms with Gasteiger partial charge in [-0.15, -0.1) is 0 Å². The molecule has 0 spiro atoms. The van der Waals surface area contributed by atoms with Gasteiger partial charge in [0.2, 0.25) is 0 Å². The standard InChI is InChI=1S/C37H57N3O8/c1-10-30(47-35(42)20-23-39(6)7)25-44-31-15-11-28(12-16-31)37(2,3)29-13-17-32(18-14-29)45-26-33(48-36(43)21-24-40(8)9)27-46-34(41)19-22-38(4)5/h11-18,30,33H,10,19-27H2,1-9H3. The summed E-state index contributed by atoms with van der Waals surface area (Å²) in [7, 11) is 11.4. The van der Waals surface area contributed by atoms with Crippen molar-refractivity contribution in [3.8, 4) is 11.5 Å². The van der Waals surface area contributed by atoms with Gasteiger partial charge in [0.1, 0.15) is 37.4 Å². The summed E-state index contributed by atoms with van der Waals surface area (Å²) in [5.41, 5.74) is 1.88. The maximum Gasteiger partial charge on any atom is 0.307 e. The van der Waals surface area contributed by atoms with Crippen molar-refractivity contribution in [2.24, 2.45) is 0 Å². The van der Waals surface area contributed by atoms with E-state index in [1.165, 1.54) is 0 Å². The van der Waals surface area contributed by atoms with Gasteiger partial charge in [-0.2, -0.15) is 0 Å². The van der Waals surface area contributed by atoms with Crippen molar-refractivity contribution in [1.82, 2.24) is 14.7 Å². The molecule has 48 heavy (non-hydrogen) atoms. The molecule has 0 aliphatic rings. The molecule has 2 unspecified atom stereocenters. The van der Waals surface area contributed by atoms with Crippen molar-refractivity contribution in [3.63, 3.8) is 0 Å². The zero-order valence-corrected chi connectivity index (χ0v) is 30.5. The molecule has 0 saturated heterocycles. The van der Waals surface area contributed by atoms with Crippen LogP contribution in [0.15, 0.2) is 48.5 Å². The molecule has 0 aliphatic heterocycles. The first-order chi connectivity index (χ1) is 22.7. The molecule has 2 aromatic carbocycles. The van der Waals surface area contributed by atoms with Gasteiger partial charge >= 0.3 is 17.9 Å². The molecule has 0 N–H and O–H groups in total. The SMILES string of the molecule is CCC(COc1ccc(C(C)(C)c2ccc(OCC(COC(=O)CCN(C)C)OC(=O)CCN(C)C)cc2)cc1)OC(=O)CCN(C)C. The van der Waals surface area contributed by atoms with Gasteiger partial charge in [-0.3, -0.25) is 14.4 Å². The second-order valence-electron chi connectivity index (χ2n) is 13.3. The average Bonchev–Trinajstić information content (AvgIpc) is 3.05. The number of esters is 3. The van der Waals surface area contributed by atoms with E-state index in [-0.39, 0.29) is 55.5 Å². The van der Waals surface area contributed by atoms with E-state index in [1.54, 1.807) is 0 Å². The number of carbonyl (C=O) groups excluding carboxylic acids is 3. The predicted molar refractivity (Wildman–Crippen MR) is 187 cm³/mol. The summed E-state index contributed by atoms with van der Waals surface area (Å²) in [4.78, 5) is 42.5. The van der Waals surface area contributed by atoms with Crippen molar-refractivity contribution in [2.45, 2.75) is 64.1 Å². The maximum absolute atomic E-state index is 12.4. The summed E-state index contributed by atoms with van der Waals surface area (Å²) in [5, 5.41) is 0. The lowest BCUT2D eigenvalue weighted by atomic mass is 9.78. The van der Waals surface area contributed by atoms with E-state index in [4.69, 9.17) is 23.7 Å². The zero-order valence-electron chi connectivity index (χ0n) is 30.5. The van der Waals surface area contributed by atoms with E-state index in [0.717, 1.165) is 11.1 Å². The Morgan fingerprint density at radius 2 is 0.958 bits per heavy atom. The molecule has 0 aromatic heterocycles. The van der Waals surface area contributed by atoms with Gasteiger partial charge in [-0.25, -0.2) is 0 Å². The van der Waals surface area contributed by atoms with Crippen LogP contribution in [0.3, 0.4) is 0 Å². The Kier molecular flexibility index (Phi) is 17.4. The quantitative estimate of drug-likeness (QED) is 0.131. The summed E-state index contributed by atoms with van der Waals surface area (Å²) in [5.74, 6) is 0.370. The summed E-state index contributed by atoms with van der Waals surface area (Å²) in [6.07, 6.45) is 0.456. The van der Waals surface area contributed by atoms with Gasteiger partial charge in [-0.1, -0.05) is 45.0 Å². The first-order valence-corrected chi connectivity index (χ1v) is 16.6. The van der Waals surface area contributed by atoms with Crippen molar-refractivity contribution in [1.29, 1.82) is 0 Å². The lowest BCUT2D eigenvalue weighted by Crippen LogP contribution is -2.32. The first kappa shape index (κ1) is 40.5. The van der Waals surface area contributed by atoms with E-state index in [9.17, 15) is 14.4 Å². The molecule has 0 bridgehead atoms. The number of nitrogens with zero attached hydrogens (tertiary/aromatic N) is 3. The normalized spacial score (nSPS) is 12.9. The van der Waals surface area contributed by atoms with Gasteiger partial charge in [-0.05, 0) is 84.1 Å². The second-order valence-corrected chi connectivity index (χ2v) is 13.3. The molecule has 0 saturated carbocycles. The summed E-state index contributed by atoms with van der Waals surface area (Å²) in [6, 6.07) is 15.7. The first-order valence-electron chi connectivity index (χ1n) is 16.6. The molecule has 2 aromatic rings. The van der Waals surface area contributed by atoms with Crippen molar-refractivity contribution >= 4 is 17.9 Å². The van der Waals surface area contributed by atoms with Crippen molar-refractivity contribution in [2.75, 3.05) is 81.7 Å². The van der Waals surface area contributed by atoms with Crippen molar-refractivity contribution < 1.29 is 38.1 Å². The van der Waals surface area contributed by atoms with Crippen LogP contribution in [0.1, 0.15) is 57.6 Å². The van der Waals surface area contributed by atoms with Crippen LogP contribution >= 0.6 is 0 Å². The molecule has 2 atom stereocenters. The Morgan fingerprint density at radius 3 is 1.35 bits per heavy atom. The van der Waals surface area contributed by atoms with Crippen LogP contribution in [0.5, 0.6) is 11.5 Å². The minimum Gasteiger partial charge on any atom is -0.490 e. The highest BCUT2D eigenvalue weighted by Crippen LogP contribution is 2.33. The van der Waals surface area contributed by atoms with Crippen LogP contribution in [-0.4, -0.2) is 127 Å². The third-order valence-electron chi connectivity index (χ3n) is 7.79. The molecule has 11 nitrogen and oxygen atoms in total. The van der Waals surface area contributed by atoms with Gasteiger partial charge in [0.25, 0.3) is 0 Å². The molecule has 2 rings (SSSR count). The lowest BCUT2D eigenvalue weighted by molar-refractivity contribution is -0.161. The molecule has 11 heteroatoms. The van der Waals surface area contributed by atoms with Crippen LogP contribution in [-0.2, 0) is 34.0 Å². The average molecular weight is 672 g/mol. The van der Waals surface area contributed by atoms with Crippen LogP contribution in [0.2, 0.25) is 0 Å². The molecule has 0 amide bonds. The molecule has 0 radical (unpaired) electrons. The Balaban J connectivity index is 1.98. The van der Waals surface area contributed by atoms with E-state index >= 15 is 0 Å². The summed E-state index contributed by atoms with van der Waals surface area (Å²) in [6.45, 7) is 8.30. The Bertz CT molecular complexity index is 1250. The molecule has 268 valence electrons. The smallest absolute Gasteiger partial charge is 0.307 e. The molecule has 0 heterocycles. The minimum atomic E-state index is -0.734. The largest absolute Gasteiger partial charge is 0.490 e. The molecule has 0 fully saturated rings. The number of hydrogen-bond donors (Lipinski definition) is 0. The number of carbonyl (C=O) groups is 3. The number of benzene rings is 2. The van der Waals surface area contributed by atoms with Crippen molar-refractivity contribution in [3.05, 3.63) is 59.7 Å². The molecule has 0 aliphatic carbocycles. The molecular formula is C37H57N3O8. The highest BCUT2D eigenvalue weighted by molar-refractivity contribution is 5.71. The zero-order chi connectivity index (χ0) is 35.7. The van der Waals surface area contributed by atoms with Gasteiger partial charge in [0.15, 0.2) is 6.10 Å². The second kappa shape index (κ2) is 20.6. The maximum atomic E-state index is 12.4. The van der Waals surface area contributed by atoms with E-state index in [0.29, 0.717) is 50.6 Å². The van der Waals surface area contributed by atoms with Gasteiger partial charge in [0.05, 0.1) is 19.3 Å².